The van der Waals surface area contributed by atoms with Gasteiger partial charge in [0.25, 0.3) is 0 Å². The van der Waals surface area contributed by atoms with Crippen molar-refractivity contribution in [3.63, 3.8) is 0 Å². The molecule has 78 valence electrons. The minimum atomic E-state index is 0.329. The van der Waals surface area contributed by atoms with E-state index in [0.717, 1.165) is 16.1 Å². The summed E-state index contributed by atoms with van der Waals surface area (Å²) < 4.78 is 2.80. The van der Waals surface area contributed by atoms with Crippen molar-refractivity contribution in [2.24, 2.45) is 0 Å². The van der Waals surface area contributed by atoms with Gasteiger partial charge in [-0.1, -0.05) is 6.07 Å². The standard InChI is InChI=1S/C10H11BrN4/c1-7(2)15-6-12-14-10(15)8-4-3-5-9(11)13-8/h3-7H,1-2H3. The Morgan fingerprint density at radius 3 is 2.80 bits per heavy atom. The monoisotopic (exact) mass is 266 g/mol. The highest BCUT2D eigenvalue weighted by atomic mass is 79.9. The summed E-state index contributed by atoms with van der Waals surface area (Å²) in [6.07, 6.45) is 1.72. The van der Waals surface area contributed by atoms with Crippen molar-refractivity contribution in [3.8, 4) is 11.5 Å². The number of pyridine rings is 1. The molecule has 0 saturated heterocycles. The molecule has 4 nitrogen and oxygen atoms in total. The van der Waals surface area contributed by atoms with Crippen LogP contribution in [-0.2, 0) is 0 Å². The van der Waals surface area contributed by atoms with Crippen molar-refractivity contribution in [1.29, 1.82) is 0 Å². The van der Waals surface area contributed by atoms with Crippen LogP contribution in [0, 0.1) is 0 Å². The average molecular weight is 267 g/mol. The Labute approximate surface area is 96.5 Å². The van der Waals surface area contributed by atoms with E-state index in [9.17, 15) is 0 Å². The third kappa shape index (κ3) is 2.07. The largest absolute Gasteiger partial charge is 0.310 e. The Morgan fingerprint density at radius 2 is 2.13 bits per heavy atom. The lowest BCUT2D eigenvalue weighted by atomic mass is 10.3. The number of halogens is 1. The van der Waals surface area contributed by atoms with Crippen LogP contribution < -0.4 is 0 Å². The molecule has 2 aromatic rings. The number of hydrogen-bond donors (Lipinski definition) is 0. The van der Waals surface area contributed by atoms with E-state index in [4.69, 9.17) is 0 Å². The predicted octanol–water partition coefficient (Wildman–Crippen LogP) is 2.68. The van der Waals surface area contributed by atoms with Gasteiger partial charge in [-0.15, -0.1) is 10.2 Å². The first kappa shape index (κ1) is 10.3. The van der Waals surface area contributed by atoms with Crippen molar-refractivity contribution in [2.75, 3.05) is 0 Å². The van der Waals surface area contributed by atoms with Gasteiger partial charge in [-0.2, -0.15) is 0 Å². The van der Waals surface area contributed by atoms with Crippen LogP contribution in [0.1, 0.15) is 19.9 Å². The van der Waals surface area contributed by atoms with Gasteiger partial charge in [-0.3, -0.25) is 0 Å². The van der Waals surface area contributed by atoms with Crippen molar-refractivity contribution >= 4 is 15.9 Å². The molecule has 0 saturated carbocycles. The molecule has 0 unspecified atom stereocenters. The van der Waals surface area contributed by atoms with Gasteiger partial charge in [0.1, 0.15) is 16.6 Å². The third-order valence-corrected chi connectivity index (χ3v) is 2.52. The SMILES string of the molecule is CC(C)n1cnnc1-c1cccc(Br)n1. The van der Waals surface area contributed by atoms with E-state index in [2.05, 4.69) is 45.0 Å². The molecule has 0 fully saturated rings. The Balaban J connectivity index is 2.49. The zero-order valence-electron chi connectivity index (χ0n) is 8.55. The van der Waals surface area contributed by atoms with Gasteiger partial charge >= 0.3 is 0 Å². The van der Waals surface area contributed by atoms with E-state index in [-0.39, 0.29) is 0 Å². The average Bonchev–Trinajstić information content (AvgIpc) is 2.65. The van der Waals surface area contributed by atoms with Crippen molar-refractivity contribution in [2.45, 2.75) is 19.9 Å². The summed E-state index contributed by atoms with van der Waals surface area (Å²) in [6.45, 7) is 4.18. The van der Waals surface area contributed by atoms with E-state index in [1.165, 1.54) is 0 Å². The molecule has 0 aromatic carbocycles. The minimum Gasteiger partial charge on any atom is -0.310 e. The van der Waals surface area contributed by atoms with Crippen LogP contribution in [0.25, 0.3) is 11.5 Å². The quantitative estimate of drug-likeness (QED) is 0.786. The molecule has 2 rings (SSSR count). The van der Waals surface area contributed by atoms with Gasteiger partial charge in [0.15, 0.2) is 5.82 Å². The van der Waals surface area contributed by atoms with E-state index in [1.807, 2.05) is 22.8 Å². The first-order valence-corrected chi connectivity index (χ1v) is 5.50. The molecule has 0 radical (unpaired) electrons. The van der Waals surface area contributed by atoms with Crippen LogP contribution in [0.15, 0.2) is 29.1 Å². The normalized spacial score (nSPS) is 10.9. The Morgan fingerprint density at radius 1 is 1.33 bits per heavy atom. The number of rotatable bonds is 2. The second-order valence-corrected chi connectivity index (χ2v) is 4.31. The van der Waals surface area contributed by atoms with E-state index >= 15 is 0 Å². The molecule has 15 heavy (non-hydrogen) atoms. The van der Waals surface area contributed by atoms with Crippen LogP contribution in [0.3, 0.4) is 0 Å². The zero-order valence-corrected chi connectivity index (χ0v) is 10.1. The second-order valence-electron chi connectivity index (χ2n) is 3.50. The predicted molar refractivity (Wildman–Crippen MR) is 61.3 cm³/mol. The Kier molecular flexibility index (Phi) is 2.81. The lowest BCUT2D eigenvalue weighted by molar-refractivity contribution is 0.603. The highest BCUT2D eigenvalue weighted by Crippen LogP contribution is 2.19. The summed E-state index contributed by atoms with van der Waals surface area (Å²) in [6, 6.07) is 6.08. The molecule has 0 N–H and O–H groups in total. The topological polar surface area (TPSA) is 43.6 Å². The van der Waals surface area contributed by atoms with E-state index in [1.54, 1.807) is 6.33 Å². The number of nitrogens with zero attached hydrogens (tertiary/aromatic N) is 4. The van der Waals surface area contributed by atoms with Gasteiger partial charge in [0.2, 0.25) is 0 Å². The first-order chi connectivity index (χ1) is 7.18. The summed E-state index contributed by atoms with van der Waals surface area (Å²) in [5.41, 5.74) is 0.829. The summed E-state index contributed by atoms with van der Waals surface area (Å²) >= 11 is 3.34. The molecule has 0 atom stereocenters. The Hall–Kier alpha value is -1.23. The van der Waals surface area contributed by atoms with Gasteiger partial charge in [-0.05, 0) is 41.9 Å². The van der Waals surface area contributed by atoms with Gasteiger partial charge in [0.05, 0.1) is 0 Å². The van der Waals surface area contributed by atoms with Gasteiger partial charge in [-0.25, -0.2) is 4.98 Å². The molecular weight excluding hydrogens is 256 g/mol. The maximum absolute atomic E-state index is 4.35. The smallest absolute Gasteiger partial charge is 0.182 e. The lowest BCUT2D eigenvalue weighted by Crippen LogP contribution is -2.02. The van der Waals surface area contributed by atoms with Crippen LogP contribution in [0.4, 0.5) is 0 Å². The van der Waals surface area contributed by atoms with Crippen molar-refractivity contribution in [3.05, 3.63) is 29.1 Å². The Bertz CT molecular complexity index is 464. The van der Waals surface area contributed by atoms with Gasteiger partial charge in [0, 0.05) is 6.04 Å². The highest BCUT2D eigenvalue weighted by molar-refractivity contribution is 9.10. The van der Waals surface area contributed by atoms with Crippen molar-refractivity contribution < 1.29 is 0 Å². The van der Waals surface area contributed by atoms with Crippen LogP contribution in [0.2, 0.25) is 0 Å². The third-order valence-electron chi connectivity index (χ3n) is 2.07. The van der Waals surface area contributed by atoms with Crippen molar-refractivity contribution in [1.82, 2.24) is 19.7 Å². The summed E-state index contributed by atoms with van der Waals surface area (Å²) in [5.74, 6) is 0.798. The molecule has 0 aliphatic rings. The molecule has 0 spiro atoms. The molecule has 2 heterocycles. The minimum absolute atomic E-state index is 0.329. The zero-order chi connectivity index (χ0) is 10.8. The van der Waals surface area contributed by atoms with Crippen LogP contribution >= 0.6 is 15.9 Å². The maximum atomic E-state index is 4.35. The molecule has 0 bridgehead atoms. The second kappa shape index (κ2) is 4.10. The van der Waals surface area contributed by atoms with Gasteiger partial charge < -0.3 is 4.57 Å². The fourth-order valence-corrected chi connectivity index (χ4v) is 1.68. The summed E-state index contributed by atoms with van der Waals surface area (Å²) in [5, 5.41) is 7.99. The molecule has 0 amide bonds. The molecular formula is C10H11BrN4. The van der Waals surface area contributed by atoms with Crippen LogP contribution in [-0.4, -0.2) is 19.7 Å². The fraction of sp³-hybridized carbons (Fsp3) is 0.300. The maximum Gasteiger partial charge on any atom is 0.182 e. The van der Waals surface area contributed by atoms with E-state index < -0.39 is 0 Å². The molecule has 0 aliphatic heterocycles. The molecule has 2 aromatic heterocycles. The summed E-state index contributed by atoms with van der Waals surface area (Å²) in [7, 11) is 0. The number of hydrogen-bond acceptors (Lipinski definition) is 3. The fourth-order valence-electron chi connectivity index (χ4n) is 1.34. The number of aromatic nitrogens is 4. The first-order valence-electron chi connectivity index (χ1n) is 4.71. The van der Waals surface area contributed by atoms with E-state index in [0.29, 0.717) is 6.04 Å². The highest BCUT2D eigenvalue weighted by Gasteiger charge is 2.10. The molecule has 0 aliphatic carbocycles. The molecule has 5 heteroatoms. The lowest BCUT2D eigenvalue weighted by Gasteiger charge is -2.09. The van der Waals surface area contributed by atoms with Crippen LogP contribution in [0.5, 0.6) is 0 Å². The summed E-state index contributed by atoms with van der Waals surface area (Å²) in [4.78, 5) is 4.35.